The molecular formula is C18H25N3O3. The van der Waals surface area contributed by atoms with Gasteiger partial charge >= 0.3 is 6.09 Å². The molecule has 1 N–H and O–H groups in total. The molecule has 0 aliphatic carbocycles. The Morgan fingerprint density at radius 3 is 2.62 bits per heavy atom. The van der Waals surface area contributed by atoms with E-state index in [4.69, 9.17) is 9.47 Å². The minimum absolute atomic E-state index is 0.110. The summed E-state index contributed by atoms with van der Waals surface area (Å²) in [6.07, 6.45) is 1.40. The number of benzene rings is 1. The highest BCUT2D eigenvalue weighted by Gasteiger charge is 2.18. The Balaban J connectivity index is 1.79. The minimum atomic E-state index is -0.506. The molecular weight excluding hydrogens is 306 g/mol. The number of carbonyl (C=O) groups is 1. The number of carbonyl (C=O) groups excluding carboxylic acids is 1. The molecule has 0 bridgehead atoms. The van der Waals surface area contributed by atoms with Gasteiger partial charge in [-0.25, -0.2) is 4.79 Å². The van der Waals surface area contributed by atoms with E-state index in [0.29, 0.717) is 19.0 Å². The minimum Gasteiger partial charge on any atom is -0.472 e. The lowest BCUT2D eigenvalue weighted by Crippen LogP contribution is -2.39. The van der Waals surface area contributed by atoms with Crippen molar-refractivity contribution >= 4 is 6.09 Å². The maximum absolute atomic E-state index is 11.7. The lowest BCUT2D eigenvalue weighted by molar-refractivity contribution is 0.0503. The molecule has 6 heteroatoms. The smallest absolute Gasteiger partial charge is 0.407 e. The third kappa shape index (κ3) is 6.32. The van der Waals surface area contributed by atoms with Crippen molar-refractivity contribution < 1.29 is 14.3 Å². The van der Waals surface area contributed by atoms with Crippen LogP contribution in [0.5, 0.6) is 5.88 Å². The lowest BCUT2D eigenvalue weighted by Gasteiger charge is -2.21. The van der Waals surface area contributed by atoms with Gasteiger partial charge in [-0.2, -0.15) is 0 Å². The zero-order chi connectivity index (χ0) is 17.6. The second-order valence-corrected chi connectivity index (χ2v) is 6.70. The Morgan fingerprint density at radius 1 is 1.25 bits per heavy atom. The van der Waals surface area contributed by atoms with Crippen molar-refractivity contribution in [1.82, 2.24) is 15.1 Å². The molecule has 0 saturated heterocycles. The predicted octanol–water partition coefficient (Wildman–Crippen LogP) is 3.38. The molecule has 0 saturated carbocycles. The fourth-order valence-electron chi connectivity index (χ4n) is 2.09. The molecule has 6 nitrogen and oxygen atoms in total. The molecule has 0 radical (unpaired) electrons. The Bertz CT molecular complexity index is 647. The molecule has 2 aromatic rings. The topological polar surface area (TPSA) is 65.4 Å². The summed E-state index contributed by atoms with van der Waals surface area (Å²) in [5, 5.41) is 7.14. The summed E-state index contributed by atoms with van der Waals surface area (Å²) in [7, 11) is 0. The van der Waals surface area contributed by atoms with Gasteiger partial charge in [0.25, 0.3) is 0 Å². The van der Waals surface area contributed by atoms with Gasteiger partial charge in [0.1, 0.15) is 12.2 Å². The molecule has 1 aromatic heterocycles. The van der Waals surface area contributed by atoms with Gasteiger partial charge in [0.2, 0.25) is 5.88 Å². The first-order valence-corrected chi connectivity index (χ1v) is 8.01. The number of rotatable bonds is 6. The SMILES string of the molecule is C[C@H](Cn1ccc(OCc2ccccc2)n1)NC(=O)OC(C)(C)C. The summed E-state index contributed by atoms with van der Waals surface area (Å²) in [5.41, 5.74) is 0.584. The Kier molecular flexibility index (Phi) is 5.84. The summed E-state index contributed by atoms with van der Waals surface area (Å²) in [5.74, 6) is 0.559. The van der Waals surface area contributed by atoms with E-state index in [1.54, 1.807) is 4.68 Å². The molecule has 24 heavy (non-hydrogen) atoms. The van der Waals surface area contributed by atoms with Gasteiger partial charge in [0, 0.05) is 18.3 Å². The number of alkyl carbamates (subject to hydrolysis) is 1. The number of nitrogens with one attached hydrogen (secondary N) is 1. The summed E-state index contributed by atoms with van der Waals surface area (Å²) < 4.78 is 12.6. The summed E-state index contributed by atoms with van der Waals surface area (Å²) in [6, 6.07) is 11.6. The Morgan fingerprint density at radius 2 is 1.96 bits per heavy atom. The molecule has 1 aromatic carbocycles. The highest BCUT2D eigenvalue weighted by Crippen LogP contribution is 2.10. The van der Waals surface area contributed by atoms with Gasteiger partial charge in [0.05, 0.1) is 6.54 Å². The lowest BCUT2D eigenvalue weighted by atomic mass is 10.2. The summed E-state index contributed by atoms with van der Waals surface area (Å²) in [4.78, 5) is 11.7. The number of aromatic nitrogens is 2. The van der Waals surface area contributed by atoms with Crippen molar-refractivity contribution in [1.29, 1.82) is 0 Å². The van der Waals surface area contributed by atoms with Gasteiger partial charge in [-0.15, -0.1) is 5.10 Å². The van der Waals surface area contributed by atoms with E-state index < -0.39 is 11.7 Å². The zero-order valence-electron chi connectivity index (χ0n) is 14.7. The first-order chi connectivity index (χ1) is 11.3. The predicted molar refractivity (Wildman–Crippen MR) is 91.8 cm³/mol. The van der Waals surface area contributed by atoms with E-state index in [2.05, 4.69) is 10.4 Å². The summed E-state index contributed by atoms with van der Waals surface area (Å²) >= 11 is 0. The Hall–Kier alpha value is -2.50. The monoisotopic (exact) mass is 331 g/mol. The van der Waals surface area contributed by atoms with Gasteiger partial charge < -0.3 is 14.8 Å². The first kappa shape index (κ1) is 17.8. The molecule has 2 rings (SSSR count). The molecule has 0 aliphatic heterocycles. The number of ether oxygens (including phenoxy) is 2. The quantitative estimate of drug-likeness (QED) is 0.881. The number of nitrogens with zero attached hydrogens (tertiary/aromatic N) is 2. The van der Waals surface area contributed by atoms with E-state index in [1.165, 1.54) is 0 Å². The van der Waals surface area contributed by atoms with Crippen LogP contribution < -0.4 is 10.1 Å². The van der Waals surface area contributed by atoms with Crippen molar-refractivity contribution in [2.24, 2.45) is 0 Å². The van der Waals surface area contributed by atoms with Crippen LogP contribution in [0.1, 0.15) is 33.3 Å². The van der Waals surface area contributed by atoms with Crippen LogP contribution in [0.15, 0.2) is 42.6 Å². The van der Waals surface area contributed by atoms with Crippen LogP contribution in [0.3, 0.4) is 0 Å². The highest BCUT2D eigenvalue weighted by atomic mass is 16.6. The average Bonchev–Trinajstić information content (AvgIpc) is 2.91. The number of hydrogen-bond acceptors (Lipinski definition) is 4. The molecule has 0 fully saturated rings. The van der Waals surface area contributed by atoms with Crippen molar-refractivity contribution in [2.45, 2.75) is 52.5 Å². The van der Waals surface area contributed by atoms with Crippen molar-refractivity contribution in [3.05, 3.63) is 48.2 Å². The second-order valence-electron chi connectivity index (χ2n) is 6.70. The fraction of sp³-hybridized carbons (Fsp3) is 0.444. The van der Waals surface area contributed by atoms with Crippen LogP contribution in [0.4, 0.5) is 4.79 Å². The van der Waals surface area contributed by atoms with Crippen LogP contribution in [0, 0.1) is 0 Å². The number of hydrogen-bond donors (Lipinski definition) is 1. The van der Waals surface area contributed by atoms with E-state index in [0.717, 1.165) is 5.56 Å². The van der Waals surface area contributed by atoms with Crippen LogP contribution in [-0.2, 0) is 17.9 Å². The van der Waals surface area contributed by atoms with Crippen LogP contribution in [0.25, 0.3) is 0 Å². The largest absolute Gasteiger partial charge is 0.472 e. The normalized spacial score (nSPS) is 12.5. The molecule has 130 valence electrons. The van der Waals surface area contributed by atoms with Crippen molar-refractivity contribution in [3.63, 3.8) is 0 Å². The third-order valence-electron chi connectivity index (χ3n) is 3.07. The van der Waals surface area contributed by atoms with Gasteiger partial charge in [0.15, 0.2) is 0 Å². The fourth-order valence-corrected chi connectivity index (χ4v) is 2.09. The average molecular weight is 331 g/mol. The van der Waals surface area contributed by atoms with E-state index in [1.807, 2.05) is 70.3 Å². The van der Waals surface area contributed by atoms with Crippen LogP contribution in [-0.4, -0.2) is 27.5 Å². The highest BCUT2D eigenvalue weighted by molar-refractivity contribution is 5.67. The molecule has 0 unspecified atom stereocenters. The summed E-state index contributed by atoms with van der Waals surface area (Å²) in [6.45, 7) is 8.41. The second kappa shape index (κ2) is 7.86. The van der Waals surface area contributed by atoms with Crippen LogP contribution in [0.2, 0.25) is 0 Å². The van der Waals surface area contributed by atoms with Crippen LogP contribution >= 0.6 is 0 Å². The molecule has 1 heterocycles. The maximum Gasteiger partial charge on any atom is 0.407 e. The van der Waals surface area contributed by atoms with E-state index >= 15 is 0 Å². The maximum atomic E-state index is 11.7. The third-order valence-corrected chi connectivity index (χ3v) is 3.07. The van der Waals surface area contributed by atoms with Gasteiger partial charge in [-0.1, -0.05) is 30.3 Å². The van der Waals surface area contributed by atoms with Gasteiger partial charge in [-0.3, -0.25) is 4.68 Å². The van der Waals surface area contributed by atoms with Gasteiger partial charge in [-0.05, 0) is 33.3 Å². The zero-order valence-corrected chi connectivity index (χ0v) is 14.7. The molecule has 1 atom stereocenters. The van der Waals surface area contributed by atoms with Crippen molar-refractivity contribution in [2.75, 3.05) is 0 Å². The number of amides is 1. The first-order valence-electron chi connectivity index (χ1n) is 8.01. The van der Waals surface area contributed by atoms with E-state index in [-0.39, 0.29) is 6.04 Å². The standard InChI is InChI=1S/C18H25N3O3/c1-14(19-17(22)24-18(2,3)4)12-21-11-10-16(20-21)23-13-15-8-6-5-7-9-15/h5-11,14H,12-13H2,1-4H3,(H,19,22)/t14-/m1/s1. The van der Waals surface area contributed by atoms with E-state index in [9.17, 15) is 4.79 Å². The van der Waals surface area contributed by atoms with Crippen molar-refractivity contribution in [3.8, 4) is 5.88 Å². The molecule has 0 aliphatic rings. The molecule has 1 amide bonds. The molecule has 0 spiro atoms. The Labute approximate surface area is 142 Å².